The molecule has 112 valence electrons. The third-order valence-electron chi connectivity index (χ3n) is 2.47. The Morgan fingerprint density at radius 1 is 1.50 bits per heavy atom. The normalized spacial score (nSPS) is 11.0. The van der Waals surface area contributed by atoms with Gasteiger partial charge in [0.15, 0.2) is 0 Å². The molecule has 2 aromatic rings. The summed E-state index contributed by atoms with van der Waals surface area (Å²) in [7, 11) is 0. The second kappa shape index (κ2) is 7.59. The van der Waals surface area contributed by atoms with Crippen LogP contribution in [0.4, 0.5) is 5.13 Å². The van der Waals surface area contributed by atoms with Gasteiger partial charge < -0.3 is 5.11 Å². The number of rotatable bonds is 5. The van der Waals surface area contributed by atoms with Crippen LogP contribution in [0.15, 0.2) is 35.0 Å². The summed E-state index contributed by atoms with van der Waals surface area (Å²) in [6, 6.07) is 8.05. The molecule has 2 rings (SSSR count). The SMILES string of the molecule is CCSc1nsc(NC(=O)/C(C#N)=C\c2ccc(O)cc2)n1. The lowest BCUT2D eigenvalue weighted by Gasteiger charge is -2.00. The lowest BCUT2D eigenvalue weighted by molar-refractivity contribution is -0.112. The number of carbonyl (C=O) groups excluding carboxylic acids is 1. The first-order chi connectivity index (χ1) is 10.6. The minimum atomic E-state index is -0.542. The molecule has 0 saturated carbocycles. The molecule has 6 nitrogen and oxygen atoms in total. The number of nitrogens with zero attached hydrogens (tertiary/aromatic N) is 3. The minimum absolute atomic E-state index is 0.0504. The fourth-order valence-corrected chi connectivity index (χ4v) is 2.76. The Morgan fingerprint density at radius 2 is 2.23 bits per heavy atom. The maximum Gasteiger partial charge on any atom is 0.268 e. The van der Waals surface area contributed by atoms with Gasteiger partial charge in [-0.2, -0.15) is 14.6 Å². The molecule has 1 aromatic heterocycles. The maximum atomic E-state index is 12.1. The van der Waals surface area contributed by atoms with Crippen LogP contribution in [0.1, 0.15) is 12.5 Å². The number of hydrogen-bond acceptors (Lipinski definition) is 7. The molecule has 1 aromatic carbocycles. The first-order valence-corrected chi connectivity index (χ1v) is 8.07. The van der Waals surface area contributed by atoms with Gasteiger partial charge >= 0.3 is 0 Å². The topological polar surface area (TPSA) is 98.9 Å². The smallest absolute Gasteiger partial charge is 0.268 e. The van der Waals surface area contributed by atoms with Gasteiger partial charge in [-0.25, -0.2) is 0 Å². The number of hydrogen-bond donors (Lipinski definition) is 2. The Balaban J connectivity index is 2.11. The Hall–Kier alpha value is -2.37. The van der Waals surface area contributed by atoms with Crippen LogP contribution in [0.25, 0.3) is 6.08 Å². The summed E-state index contributed by atoms with van der Waals surface area (Å²) < 4.78 is 4.09. The zero-order valence-electron chi connectivity index (χ0n) is 11.6. The number of amides is 1. The third-order valence-corrected chi connectivity index (χ3v) is 3.95. The molecule has 22 heavy (non-hydrogen) atoms. The molecule has 1 heterocycles. The van der Waals surface area contributed by atoms with Crippen LogP contribution >= 0.6 is 23.3 Å². The van der Waals surface area contributed by atoms with Gasteiger partial charge in [0.25, 0.3) is 5.91 Å². The number of nitriles is 1. The molecule has 1 amide bonds. The van der Waals surface area contributed by atoms with Crippen LogP contribution in [0.5, 0.6) is 5.75 Å². The second-order valence-corrected chi connectivity index (χ2v) is 6.01. The lowest BCUT2D eigenvalue weighted by atomic mass is 10.1. The molecule has 0 aliphatic carbocycles. The van der Waals surface area contributed by atoms with Gasteiger partial charge in [0.05, 0.1) is 0 Å². The number of benzene rings is 1. The van der Waals surface area contributed by atoms with Crippen LogP contribution in [-0.2, 0) is 4.79 Å². The van der Waals surface area contributed by atoms with Crippen molar-refractivity contribution in [3.8, 4) is 11.8 Å². The van der Waals surface area contributed by atoms with E-state index in [0.717, 1.165) is 17.3 Å². The molecular weight excluding hydrogens is 320 g/mol. The van der Waals surface area contributed by atoms with Crippen molar-refractivity contribution in [2.75, 3.05) is 11.1 Å². The summed E-state index contributed by atoms with van der Waals surface area (Å²) in [5, 5.41) is 21.8. The Morgan fingerprint density at radius 3 is 2.86 bits per heavy atom. The number of carbonyl (C=O) groups is 1. The number of anilines is 1. The zero-order chi connectivity index (χ0) is 15.9. The number of thioether (sulfide) groups is 1. The van der Waals surface area contributed by atoms with E-state index in [0.29, 0.717) is 15.9 Å². The molecule has 0 atom stereocenters. The summed E-state index contributed by atoms with van der Waals surface area (Å²) >= 11 is 2.55. The van der Waals surface area contributed by atoms with E-state index in [1.54, 1.807) is 12.1 Å². The number of phenols is 1. The number of aromatic hydroxyl groups is 1. The number of phenolic OH excluding ortho intramolecular Hbond substituents is 1. The predicted octanol–water partition coefficient (Wildman–Crippen LogP) is 2.90. The highest BCUT2D eigenvalue weighted by atomic mass is 32.2. The molecule has 0 aliphatic heterocycles. The van der Waals surface area contributed by atoms with Crippen molar-refractivity contribution >= 4 is 40.4 Å². The van der Waals surface area contributed by atoms with Crippen molar-refractivity contribution in [2.45, 2.75) is 12.1 Å². The highest BCUT2D eigenvalue weighted by Gasteiger charge is 2.12. The van der Waals surface area contributed by atoms with E-state index in [4.69, 9.17) is 5.26 Å². The predicted molar refractivity (Wildman–Crippen MR) is 86.6 cm³/mol. The molecule has 0 aliphatic rings. The standard InChI is InChI=1S/C14H12N4O2S2/c1-2-21-14-17-13(22-18-14)16-12(20)10(8-15)7-9-3-5-11(19)6-4-9/h3-7,19H,2H2,1H3,(H,16,17,18,20)/b10-7-. The number of aromatic nitrogens is 2. The average Bonchev–Trinajstić information content (AvgIpc) is 2.94. The van der Waals surface area contributed by atoms with E-state index < -0.39 is 5.91 Å². The Bertz CT molecular complexity index is 732. The summed E-state index contributed by atoms with van der Waals surface area (Å²) in [6.07, 6.45) is 1.44. The molecule has 0 unspecified atom stereocenters. The van der Waals surface area contributed by atoms with E-state index in [2.05, 4.69) is 14.7 Å². The van der Waals surface area contributed by atoms with E-state index in [1.165, 1.54) is 30.0 Å². The van der Waals surface area contributed by atoms with Crippen LogP contribution < -0.4 is 5.32 Å². The highest BCUT2D eigenvalue weighted by Crippen LogP contribution is 2.20. The molecular formula is C14H12N4O2S2. The van der Waals surface area contributed by atoms with Gasteiger partial charge in [0, 0.05) is 11.5 Å². The Labute approximate surface area is 135 Å². The molecule has 0 bridgehead atoms. The number of nitrogens with one attached hydrogen (secondary N) is 1. The molecule has 8 heteroatoms. The quantitative estimate of drug-likeness (QED) is 0.496. The molecule has 0 saturated heterocycles. The van der Waals surface area contributed by atoms with Crippen LogP contribution in [0.3, 0.4) is 0 Å². The van der Waals surface area contributed by atoms with Crippen molar-refractivity contribution in [3.63, 3.8) is 0 Å². The summed E-state index contributed by atoms with van der Waals surface area (Å²) in [5.41, 5.74) is 0.592. The summed E-state index contributed by atoms with van der Waals surface area (Å²) in [5.74, 6) is 0.420. The molecule has 0 fully saturated rings. The van der Waals surface area contributed by atoms with Crippen molar-refractivity contribution in [3.05, 3.63) is 35.4 Å². The maximum absolute atomic E-state index is 12.1. The first-order valence-electron chi connectivity index (χ1n) is 6.31. The van der Waals surface area contributed by atoms with Crippen molar-refractivity contribution in [2.24, 2.45) is 0 Å². The summed E-state index contributed by atoms with van der Waals surface area (Å²) in [6.45, 7) is 1.98. The van der Waals surface area contributed by atoms with Gasteiger partial charge in [0.2, 0.25) is 10.3 Å². The molecule has 0 spiro atoms. The van der Waals surface area contributed by atoms with E-state index in [-0.39, 0.29) is 11.3 Å². The van der Waals surface area contributed by atoms with E-state index in [1.807, 2.05) is 13.0 Å². The van der Waals surface area contributed by atoms with Gasteiger partial charge in [0.1, 0.15) is 17.4 Å². The largest absolute Gasteiger partial charge is 0.508 e. The van der Waals surface area contributed by atoms with Crippen LogP contribution in [0.2, 0.25) is 0 Å². The van der Waals surface area contributed by atoms with E-state index in [9.17, 15) is 9.90 Å². The van der Waals surface area contributed by atoms with Crippen LogP contribution in [-0.4, -0.2) is 26.1 Å². The monoisotopic (exact) mass is 332 g/mol. The van der Waals surface area contributed by atoms with Gasteiger partial charge in [-0.05, 0) is 29.5 Å². The first kappa shape index (κ1) is 16.0. The highest BCUT2D eigenvalue weighted by molar-refractivity contribution is 7.99. The fraction of sp³-hybridized carbons (Fsp3) is 0.143. The third kappa shape index (κ3) is 4.31. The summed E-state index contributed by atoms with van der Waals surface area (Å²) in [4.78, 5) is 16.2. The van der Waals surface area contributed by atoms with Gasteiger partial charge in [-0.15, -0.1) is 0 Å². The lowest BCUT2D eigenvalue weighted by Crippen LogP contribution is -2.13. The van der Waals surface area contributed by atoms with Gasteiger partial charge in [-0.1, -0.05) is 30.8 Å². The zero-order valence-corrected chi connectivity index (χ0v) is 13.2. The van der Waals surface area contributed by atoms with Crippen molar-refractivity contribution in [1.29, 1.82) is 5.26 Å². The van der Waals surface area contributed by atoms with Crippen molar-refractivity contribution in [1.82, 2.24) is 9.36 Å². The van der Waals surface area contributed by atoms with Gasteiger partial charge in [-0.3, -0.25) is 10.1 Å². The van der Waals surface area contributed by atoms with Crippen LogP contribution in [0, 0.1) is 11.3 Å². The average molecular weight is 332 g/mol. The van der Waals surface area contributed by atoms with Crippen molar-refractivity contribution < 1.29 is 9.90 Å². The minimum Gasteiger partial charge on any atom is -0.508 e. The Kier molecular flexibility index (Phi) is 5.52. The van der Waals surface area contributed by atoms with E-state index >= 15 is 0 Å². The molecule has 0 radical (unpaired) electrons. The fourth-order valence-electron chi connectivity index (χ4n) is 1.50. The molecule has 2 N–H and O–H groups in total. The second-order valence-electron chi connectivity index (χ2n) is 4.03.